The van der Waals surface area contributed by atoms with Gasteiger partial charge in [0.2, 0.25) is 21.9 Å². The van der Waals surface area contributed by atoms with Gasteiger partial charge in [0.25, 0.3) is 0 Å². The van der Waals surface area contributed by atoms with Crippen LogP contribution in [0.3, 0.4) is 0 Å². The average Bonchev–Trinajstić information content (AvgIpc) is 3.35. The van der Waals surface area contributed by atoms with Gasteiger partial charge >= 0.3 is 0 Å². The molecule has 0 aliphatic heterocycles. The molecule has 41 heavy (non-hydrogen) atoms. The van der Waals surface area contributed by atoms with Crippen molar-refractivity contribution in [2.24, 2.45) is 9.98 Å². The number of nitrogens with zero attached hydrogens (tertiary/aromatic N) is 6. The number of amidine groups is 1. The van der Waals surface area contributed by atoms with Crippen molar-refractivity contribution in [3.8, 4) is 34.6 Å². The number of hydrogen-bond donors (Lipinski definition) is 1. The van der Waals surface area contributed by atoms with Gasteiger partial charge in [-0.15, -0.1) is 10.2 Å². The van der Waals surface area contributed by atoms with Gasteiger partial charge in [-0.25, -0.2) is 23.4 Å². The van der Waals surface area contributed by atoms with E-state index in [2.05, 4.69) is 36.6 Å². The molecule has 2 aromatic heterocycles. The minimum atomic E-state index is -4.19. The first kappa shape index (κ1) is 31.2. The van der Waals surface area contributed by atoms with Crippen LogP contribution >= 0.6 is 0 Å². The Morgan fingerprint density at radius 2 is 1.73 bits per heavy atom. The zero-order valence-corrected chi connectivity index (χ0v) is 25.2. The Morgan fingerprint density at radius 1 is 1.07 bits per heavy atom. The predicted octanol–water partition coefficient (Wildman–Crippen LogP) is 3.83. The van der Waals surface area contributed by atoms with E-state index in [1.165, 1.54) is 39.9 Å². The van der Waals surface area contributed by atoms with E-state index in [1.807, 2.05) is 20.8 Å². The fraction of sp³-hybridized carbons (Fsp3) is 0.370. The smallest absolute Gasteiger partial charge is 0.243 e. The van der Waals surface area contributed by atoms with Crippen LogP contribution in [0, 0.1) is 6.92 Å². The van der Waals surface area contributed by atoms with Crippen LogP contribution in [-0.2, 0) is 14.8 Å². The first-order valence-corrected chi connectivity index (χ1v) is 14.0. The molecule has 0 radical (unpaired) electrons. The average molecular weight is 586 g/mol. The molecule has 0 saturated heterocycles. The summed E-state index contributed by atoms with van der Waals surface area (Å²) in [5.74, 6) is 1.28. The molecule has 0 bridgehead atoms. The summed E-state index contributed by atoms with van der Waals surface area (Å²) in [6.45, 7) is 10.6. The molecule has 2 heterocycles. The number of pyridine rings is 1. The fourth-order valence-corrected chi connectivity index (χ4v) is 5.05. The fourth-order valence-electron chi connectivity index (χ4n) is 3.92. The Labute approximate surface area is 240 Å². The van der Waals surface area contributed by atoms with Gasteiger partial charge in [0, 0.05) is 19.4 Å². The molecule has 13 nitrogen and oxygen atoms in total. The van der Waals surface area contributed by atoms with Crippen molar-refractivity contribution in [3.63, 3.8) is 0 Å². The zero-order chi connectivity index (χ0) is 30.3. The molecule has 220 valence electrons. The maximum Gasteiger partial charge on any atom is 0.243 e. The molecule has 1 N–H and O–H groups in total. The number of hydrogen-bond acceptors (Lipinski definition) is 10. The van der Waals surface area contributed by atoms with Gasteiger partial charge in [-0.3, -0.25) is 9.29 Å². The second kappa shape index (κ2) is 13.4. The van der Waals surface area contributed by atoms with Crippen molar-refractivity contribution < 1.29 is 27.4 Å². The lowest BCUT2D eigenvalue weighted by molar-refractivity contribution is 0.154. The Hall–Kier alpha value is -4.30. The third-order valence-electron chi connectivity index (χ3n) is 5.95. The molecular formula is C27H35N7O6S. The number of benzene rings is 1. The normalized spacial score (nSPS) is 13.2. The third kappa shape index (κ3) is 6.89. The topological polar surface area (TPSA) is 151 Å². The molecule has 0 amide bonds. The van der Waals surface area contributed by atoms with Crippen LogP contribution < -0.4 is 18.9 Å². The van der Waals surface area contributed by atoms with Gasteiger partial charge in [0.05, 0.1) is 21.3 Å². The zero-order valence-electron chi connectivity index (χ0n) is 24.4. The summed E-state index contributed by atoms with van der Waals surface area (Å²) in [6, 6.07) is 8.68. The van der Waals surface area contributed by atoms with E-state index in [0.29, 0.717) is 28.8 Å². The number of aliphatic imine (C=N–C) groups is 2. The second-order valence-corrected chi connectivity index (χ2v) is 11.2. The van der Waals surface area contributed by atoms with Crippen LogP contribution in [0.25, 0.3) is 17.2 Å². The van der Waals surface area contributed by atoms with E-state index in [1.54, 1.807) is 36.5 Å². The first-order valence-electron chi connectivity index (χ1n) is 12.4. The summed E-state index contributed by atoms with van der Waals surface area (Å²) in [5.41, 5.74) is 2.46. The number of methoxy groups -OCH3 is 4. The summed E-state index contributed by atoms with van der Waals surface area (Å²) < 4.78 is 53.6. The van der Waals surface area contributed by atoms with Crippen LogP contribution in [0.1, 0.15) is 26.3 Å². The highest BCUT2D eigenvalue weighted by Crippen LogP contribution is 2.38. The van der Waals surface area contributed by atoms with Crippen LogP contribution in [0.4, 0.5) is 5.95 Å². The lowest BCUT2D eigenvalue weighted by atomic mass is 10.2. The number of aromatic nitrogens is 4. The molecule has 3 rings (SSSR count). The highest BCUT2D eigenvalue weighted by Gasteiger charge is 2.35. The molecule has 0 unspecified atom stereocenters. The second-order valence-electron chi connectivity index (χ2n) is 9.13. The van der Waals surface area contributed by atoms with E-state index in [0.717, 1.165) is 11.1 Å². The van der Waals surface area contributed by atoms with Gasteiger partial charge < -0.3 is 18.9 Å². The van der Waals surface area contributed by atoms with Crippen molar-refractivity contribution in [1.82, 2.24) is 19.7 Å². The van der Waals surface area contributed by atoms with Crippen molar-refractivity contribution in [1.29, 1.82) is 0 Å². The number of nitrogens with one attached hydrogen (secondary N) is 1. The summed E-state index contributed by atoms with van der Waals surface area (Å²) >= 11 is 0. The van der Waals surface area contributed by atoms with Crippen LogP contribution in [0.15, 0.2) is 52.1 Å². The highest BCUT2D eigenvalue weighted by atomic mass is 32.2. The standard InChI is InChI=1S/C27H35N7O6S/c1-16(2)15-29-25(28-5)24(40-9)18(4)41(35,36)33-27-32-31-26(19-13-17(3)14-22(30-19)39-8)34(27)23-20(37-6)11-10-12-21(23)38-7/h10-15,18,24H,5H2,1-4,6-9H3,(H,32,33)/t18-,24-/m0/s1. The number of allylic oxidation sites excluding steroid dienone is 1. The minimum absolute atomic E-state index is 0.108. The number of rotatable bonds is 12. The number of para-hydroxylation sites is 1. The van der Waals surface area contributed by atoms with Crippen LogP contribution in [-0.4, -0.2) is 80.5 Å². The molecule has 1 aromatic carbocycles. The monoisotopic (exact) mass is 585 g/mol. The Balaban J connectivity index is 2.23. The number of ether oxygens (including phenoxy) is 4. The minimum Gasteiger partial charge on any atom is -0.494 e. The number of aryl methyl sites for hydroxylation is 1. The van der Waals surface area contributed by atoms with Gasteiger partial charge in [0.15, 0.2) is 11.7 Å². The van der Waals surface area contributed by atoms with E-state index in [4.69, 9.17) is 18.9 Å². The van der Waals surface area contributed by atoms with Gasteiger partial charge in [-0.2, -0.15) is 0 Å². The molecule has 0 aliphatic carbocycles. The number of anilines is 1. The van der Waals surface area contributed by atoms with Gasteiger partial charge in [-0.05, 0) is 58.2 Å². The highest BCUT2D eigenvalue weighted by molar-refractivity contribution is 7.93. The predicted molar refractivity (Wildman–Crippen MR) is 158 cm³/mol. The molecular weight excluding hydrogens is 550 g/mol. The molecule has 14 heteroatoms. The molecule has 0 saturated carbocycles. The van der Waals surface area contributed by atoms with E-state index >= 15 is 0 Å². The largest absolute Gasteiger partial charge is 0.494 e. The first-order chi connectivity index (χ1) is 19.5. The maximum absolute atomic E-state index is 13.7. The summed E-state index contributed by atoms with van der Waals surface area (Å²) in [5, 5.41) is 7.33. The lowest BCUT2D eigenvalue weighted by Gasteiger charge is -2.23. The third-order valence-corrected chi connectivity index (χ3v) is 7.64. The Bertz CT molecular complexity index is 1540. The van der Waals surface area contributed by atoms with Gasteiger partial charge in [0.1, 0.15) is 34.2 Å². The Kier molecular flexibility index (Phi) is 10.2. The quantitative estimate of drug-likeness (QED) is 0.247. The van der Waals surface area contributed by atoms with Gasteiger partial charge in [-0.1, -0.05) is 11.6 Å². The van der Waals surface area contributed by atoms with Crippen molar-refractivity contribution >= 4 is 28.5 Å². The van der Waals surface area contributed by atoms with Crippen LogP contribution in [0.5, 0.6) is 17.4 Å². The maximum atomic E-state index is 13.7. The molecule has 2 atom stereocenters. The summed E-state index contributed by atoms with van der Waals surface area (Å²) in [4.78, 5) is 12.7. The molecule has 0 fully saturated rings. The Morgan fingerprint density at radius 3 is 2.27 bits per heavy atom. The lowest BCUT2D eigenvalue weighted by Crippen LogP contribution is -2.41. The summed E-state index contributed by atoms with van der Waals surface area (Å²) in [6.07, 6.45) is 0.517. The molecule has 3 aromatic rings. The SMILES string of the molecule is C=NC(=NC=C(C)C)[C@@H](OC)[C@H](C)S(=O)(=O)Nc1nnc(-c2cc(C)cc(OC)n2)n1-c1c(OC)cccc1OC. The summed E-state index contributed by atoms with van der Waals surface area (Å²) in [7, 11) is 1.65. The molecule has 0 aliphatic rings. The number of sulfonamides is 1. The van der Waals surface area contributed by atoms with E-state index < -0.39 is 21.4 Å². The van der Waals surface area contributed by atoms with Crippen molar-refractivity contribution in [3.05, 3.63) is 47.7 Å². The van der Waals surface area contributed by atoms with Crippen LogP contribution in [0.2, 0.25) is 0 Å². The van der Waals surface area contributed by atoms with E-state index in [-0.39, 0.29) is 17.6 Å². The molecule has 0 spiro atoms. The van der Waals surface area contributed by atoms with E-state index in [9.17, 15) is 8.42 Å². The van der Waals surface area contributed by atoms with Crippen molar-refractivity contribution in [2.45, 2.75) is 39.0 Å². The van der Waals surface area contributed by atoms with Crippen molar-refractivity contribution in [2.75, 3.05) is 33.2 Å².